The van der Waals surface area contributed by atoms with E-state index in [-0.39, 0.29) is 11.9 Å². The Labute approximate surface area is 103 Å². The third-order valence-electron chi connectivity index (χ3n) is 3.99. The fourth-order valence-electron chi connectivity index (χ4n) is 2.68. The minimum atomic E-state index is -0.346. The Balaban J connectivity index is 1.72. The van der Waals surface area contributed by atoms with Gasteiger partial charge < -0.3 is 15.8 Å². The first-order valence-corrected chi connectivity index (χ1v) is 6.86. The fourth-order valence-corrected chi connectivity index (χ4v) is 2.68. The predicted octanol–water partition coefficient (Wildman–Crippen LogP) is 1.05. The minimum Gasteiger partial charge on any atom is -0.381 e. The molecule has 3 unspecified atom stereocenters. The first kappa shape index (κ1) is 12.8. The Morgan fingerprint density at radius 2 is 2.18 bits per heavy atom. The molecule has 2 aliphatic rings. The molecule has 4 nitrogen and oxygen atoms in total. The zero-order chi connectivity index (χ0) is 12.3. The van der Waals surface area contributed by atoms with Gasteiger partial charge in [0.15, 0.2) is 0 Å². The molecule has 0 aromatic carbocycles. The smallest absolute Gasteiger partial charge is 0.237 e. The number of rotatable bonds is 5. The van der Waals surface area contributed by atoms with E-state index in [2.05, 4.69) is 12.2 Å². The van der Waals surface area contributed by atoms with Crippen molar-refractivity contribution in [3.63, 3.8) is 0 Å². The molecular formula is C13H24N2O2. The number of carbonyl (C=O) groups excluding carboxylic acids is 1. The lowest BCUT2D eigenvalue weighted by Gasteiger charge is -2.26. The molecule has 98 valence electrons. The molecule has 1 saturated carbocycles. The minimum absolute atomic E-state index is 0.0421. The van der Waals surface area contributed by atoms with Crippen molar-refractivity contribution in [3.05, 3.63) is 0 Å². The third kappa shape index (κ3) is 3.42. The van der Waals surface area contributed by atoms with Crippen LogP contribution in [0.15, 0.2) is 0 Å². The SMILES string of the molecule is CCCC1CC1NC(=O)C(N)C1CCOCC1. The van der Waals surface area contributed by atoms with Crippen LogP contribution in [0, 0.1) is 11.8 Å². The molecule has 1 aliphatic carbocycles. The number of hydrogen-bond acceptors (Lipinski definition) is 3. The number of ether oxygens (including phenoxy) is 1. The molecule has 1 amide bonds. The third-order valence-corrected chi connectivity index (χ3v) is 3.99. The van der Waals surface area contributed by atoms with Gasteiger partial charge in [-0.3, -0.25) is 4.79 Å². The fraction of sp³-hybridized carbons (Fsp3) is 0.923. The molecule has 0 spiro atoms. The zero-order valence-corrected chi connectivity index (χ0v) is 10.7. The van der Waals surface area contributed by atoms with Crippen LogP contribution in [0.4, 0.5) is 0 Å². The average molecular weight is 240 g/mol. The molecule has 3 atom stereocenters. The highest BCUT2D eigenvalue weighted by Crippen LogP contribution is 2.34. The summed E-state index contributed by atoms with van der Waals surface area (Å²) in [6.07, 6.45) is 5.38. The summed E-state index contributed by atoms with van der Waals surface area (Å²) in [5.41, 5.74) is 6.02. The van der Waals surface area contributed by atoms with E-state index in [1.54, 1.807) is 0 Å². The Morgan fingerprint density at radius 3 is 2.82 bits per heavy atom. The monoisotopic (exact) mass is 240 g/mol. The van der Waals surface area contributed by atoms with Gasteiger partial charge in [0.2, 0.25) is 5.91 Å². The summed E-state index contributed by atoms with van der Waals surface area (Å²) in [6, 6.07) is 0.0510. The summed E-state index contributed by atoms with van der Waals surface area (Å²) in [5, 5.41) is 3.08. The van der Waals surface area contributed by atoms with Crippen LogP contribution in [0.3, 0.4) is 0 Å². The molecule has 1 saturated heterocycles. The second-order valence-electron chi connectivity index (χ2n) is 5.38. The van der Waals surface area contributed by atoms with Crippen molar-refractivity contribution >= 4 is 5.91 Å². The Bertz CT molecular complexity index is 264. The normalized spacial score (nSPS) is 30.9. The van der Waals surface area contributed by atoms with Crippen molar-refractivity contribution in [2.24, 2.45) is 17.6 Å². The van der Waals surface area contributed by atoms with Crippen molar-refractivity contribution in [2.45, 2.75) is 51.1 Å². The molecule has 1 heterocycles. The highest BCUT2D eigenvalue weighted by atomic mass is 16.5. The summed E-state index contributed by atoms with van der Waals surface area (Å²) in [4.78, 5) is 12.0. The van der Waals surface area contributed by atoms with E-state index in [0.717, 1.165) is 32.5 Å². The second-order valence-corrected chi connectivity index (χ2v) is 5.38. The maximum atomic E-state index is 12.0. The number of nitrogens with one attached hydrogen (secondary N) is 1. The Kier molecular flexibility index (Phi) is 4.40. The summed E-state index contributed by atoms with van der Waals surface area (Å²) in [7, 11) is 0. The van der Waals surface area contributed by atoms with E-state index in [0.29, 0.717) is 17.9 Å². The zero-order valence-electron chi connectivity index (χ0n) is 10.7. The maximum absolute atomic E-state index is 12.0. The van der Waals surface area contributed by atoms with Gasteiger partial charge in [-0.1, -0.05) is 13.3 Å². The molecule has 0 aromatic heterocycles. The molecule has 2 fully saturated rings. The molecular weight excluding hydrogens is 216 g/mol. The van der Waals surface area contributed by atoms with E-state index in [4.69, 9.17) is 10.5 Å². The van der Waals surface area contributed by atoms with Crippen LogP contribution >= 0.6 is 0 Å². The highest BCUT2D eigenvalue weighted by Gasteiger charge is 2.38. The summed E-state index contributed by atoms with van der Waals surface area (Å²) in [6.45, 7) is 3.67. The number of carbonyl (C=O) groups is 1. The topological polar surface area (TPSA) is 64.4 Å². The van der Waals surface area contributed by atoms with Gasteiger partial charge in [-0.15, -0.1) is 0 Å². The van der Waals surface area contributed by atoms with Crippen LogP contribution in [-0.2, 0) is 9.53 Å². The number of hydrogen-bond donors (Lipinski definition) is 2. The van der Waals surface area contributed by atoms with E-state index in [9.17, 15) is 4.79 Å². The van der Waals surface area contributed by atoms with Gasteiger partial charge >= 0.3 is 0 Å². The first-order valence-electron chi connectivity index (χ1n) is 6.86. The van der Waals surface area contributed by atoms with Crippen LogP contribution in [0.1, 0.15) is 39.0 Å². The molecule has 17 heavy (non-hydrogen) atoms. The lowest BCUT2D eigenvalue weighted by atomic mass is 9.92. The lowest BCUT2D eigenvalue weighted by molar-refractivity contribution is -0.124. The van der Waals surface area contributed by atoms with Crippen LogP contribution in [0.2, 0.25) is 0 Å². The van der Waals surface area contributed by atoms with Crippen LogP contribution in [0.5, 0.6) is 0 Å². The molecule has 0 bridgehead atoms. The van der Waals surface area contributed by atoms with Gasteiger partial charge in [0.05, 0.1) is 6.04 Å². The quantitative estimate of drug-likeness (QED) is 0.755. The predicted molar refractivity (Wildman–Crippen MR) is 66.5 cm³/mol. The van der Waals surface area contributed by atoms with Gasteiger partial charge in [-0.05, 0) is 37.5 Å². The highest BCUT2D eigenvalue weighted by molar-refractivity contribution is 5.82. The van der Waals surface area contributed by atoms with Gasteiger partial charge in [-0.25, -0.2) is 0 Å². The van der Waals surface area contributed by atoms with Crippen molar-refractivity contribution in [2.75, 3.05) is 13.2 Å². The summed E-state index contributed by atoms with van der Waals surface area (Å²) in [5.74, 6) is 1.04. The largest absolute Gasteiger partial charge is 0.381 e. The van der Waals surface area contributed by atoms with E-state index in [1.165, 1.54) is 12.8 Å². The molecule has 4 heteroatoms. The van der Waals surface area contributed by atoms with Gasteiger partial charge in [0.25, 0.3) is 0 Å². The molecule has 2 rings (SSSR count). The van der Waals surface area contributed by atoms with Crippen molar-refractivity contribution < 1.29 is 9.53 Å². The number of amides is 1. The molecule has 1 aliphatic heterocycles. The first-order chi connectivity index (χ1) is 8.22. The van der Waals surface area contributed by atoms with Crippen molar-refractivity contribution in [1.29, 1.82) is 0 Å². The van der Waals surface area contributed by atoms with Gasteiger partial charge in [0.1, 0.15) is 0 Å². The van der Waals surface area contributed by atoms with Crippen molar-refractivity contribution in [3.8, 4) is 0 Å². The number of nitrogens with two attached hydrogens (primary N) is 1. The average Bonchev–Trinajstić information content (AvgIpc) is 3.08. The molecule has 3 N–H and O–H groups in total. The summed E-state index contributed by atoms with van der Waals surface area (Å²) >= 11 is 0. The van der Waals surface area contributed by atoms with Crippen LogP contribution in [0.25, 0.3) is 0 Å². The second kappa shape index (κ2) is 5.83. The van der Waals surface area contributed by atoms with E-state index in [1.807, 2.05) is 0 Å². The lowest BCUT2D eigenvalue weighted by Crippen LogP contribution is -2.48. The van der Waals surface area contributed by atoms with Crippen LogP contribution in [-0.4, -0.2) is 31.2 Å². The standard InChI is InChI=1S/C13H24N2O2/c1-2-3-10-8-11(10)15-13(16)12(14)9-4-6-17-7-5-9/h9-12H,2-8,14H2,1H3,(H,15,16). The molecule has 0 radical (unpaired) electrons. The Hall–Kier alpha value is -0.610. The Morgan fingerprint density at radius 1 is 1.47 bits per heavy atom. The van der Waals surface area contributed by atoms with E-state index >= 15 is 0 Å². The van der Waals surface area contributed by atoms with Crippen LogP contribution < -0.4 is 11.1 Å². The van der Waals surface area contributed by atoms with Gasteiger partial charge in [0, 0.05) is 19.3 Å². The summed E-state index contributed by atoms with van der Waals surface area (Å²) < 4.78 is 5.28. The molecule has 0 aromatic rings. The maximum Gasteiger partial charge on any atom is 0.237 e. The van der Waals surface area contributed by atoms with Crippen molar-refractivity contribution in [1.82, 2.24) is 5.32 Å². The van der Waals surface area contributed by atoms with Gasteiger partial charge in [-0.2, -0.15) is 0 Å². The van der Waals surface area contributed by atoms with E-state index < -0.39 is 0 Å².